The highest BCUT2D eigenvalue weighted by Gasteiger charge is 2.51. The Labute approximate surface area is 124 Å². The molecule has 0 aromatic heterocycles. The molecule has 1 amide bonds. The molecule has 1 aliphatic carbocycles. The van der Waals surface area contributed by atoms with Crippen LogP contribution in [0.15, 0.2) is 36.4 Å². The van der Waals surface area contributed by atoms with Gasteiger partial charge in [-0.05, 0) is 38.7 Å². The lowest BCUT2D eigenvalue weighted by molar-refractivity contribution is -0.142. The van der Waals surface area contributed by atoms with E-state index in [2.05, 4.69) is 5.32 Å². The molecule has 0 radical (unpaired) electrons. The number of hydrogen-bond donors (Lipinski definition) is 2. The van der Waals surface area contributed by atoms with Crippen LogP contribution in [-0.4, -0.2) is 23.0 Å². The first-order valence-corrected chi connectivity index (χ1v) is 7.21. The molecule has 1 atom stereocenters. The molecule has 0 saturated heterocycles. The number of benzene rings is 1. The molecular weight excluding hydrogens is 266 g/mol. The van der Waals surface area contributed by atoms with Crippen molar-refractivity contribution in [3.63, 3.8) is 0 Å². The van der Waals surface area contributed by atoms with Gasteiger partial charge in [-0.15, -0.1) is 0 Å². The van der Waals surface area contributed by atoms with E-state index < -0.39 is 17.4 Å². The number of nitrogens with one attached hydrogen (secondary N) is 1. The highest BCUT2D eigenvalue weighted by atomic mass is 16.4. The van der Waals surface area contributed by atoms with Gasteiger partial charge < -0.3 is 10.4 Å². The SMILES string of the molecule is C/C=C/CC(NC(=O)C1(c2cccc(C)c2)CC1)C(=O)O. The fourth-order valence-corrected chi connectivity index (χ4v) is 2.50. The van der Waals surface area contributed by atoms with E-state index in [4.69, 9.17) is 0 Å². The summed E-state index contributed by atoms with van der Waals surface area (Å²) in [4.78, 5) is 23.7. The summed E-state index contributed by atoms with van der Waals surface area (Å²) >= 11 is 0. The Balaban J connectivity index is 2.13. The van der Waals surface area contributed by atoms with Crippen molar-refractivity contribution in [3.05, 3.63) is 47.5 Å². The standard InChI is InChI=1S/C17H21NO3/c1-3-4-8-14(15(19)20)18-16(21)17(9-10-17)13-7-5-6-12(2)11-13/h3-7,11,14H,8-10H2,1-2H3,(H,18,21)(H,19,20)/b4-3+. The fourth-order valence-electron chi connectivity index (χ4n) is 2.50. The van der Waals surface area contributed by atoms with E-state index in [0.29, 0.717) is 6.42 Å². The van der Waals surface area contributed by atoms with Gasteiger partial charge in [0.25, 0.3) is 0 Å². The van der Waals surface area contributed by atoms with Crippen molar-refractivity contribution < 1.29 is 14.7 Å². The lowest BCUT2D eigenvalue weighted by Gasteiger charge is -2.19. The summed E-state index contributed by atoms with van der Waals surface area (Å²) < 4.78 is 0. The summed E-state index contributed by atoms with van der Waals surface area (Å²) in [6, 6.07) is 7.02. The van der Waals surface area contributed by atoms with Gasteiger partial charge in [0.2, 0.25) is 5.91 Å². The van der Waals surface area contributed by atoms with Gasteiger partial charge in [0, 0.05) is 0 Å². The third-order valence-electron chi connectivity index (χ3n) is 3.97. The molecule has 1 unspecified atom stereocenters. The van der Waals surface area contributed by atoms with Gasteiger partial charge in [-0.25, -0.2) is 4.79 Å². The van der Waals surface area contributed by atoms with Crippen molar-refractivity contribution in [2.45, 2.75) is 44.6 Å². The summed E-state index contributed by atoms with van der Waals surface area (Å²) in [5.74, 6) is -1.17. The van der Waals surface area contributed by atoms with E-state index in [0.717, 1.165) is 24.0 Å². The van der Waals surface area contributed by atoms with Gasteiger partial charge in [-0.2, -0.15) is 0 Å². The Hall–Kier alpha value is -2.10. The number of carboxylic acids is 1. The van der Waals surface area contributed by atoms with Crippen LogP contribution in [0.4, 0.5) is 0 Å². The van der Waals surface area contributed by atoms with Crippen molar-refractivity contribution in [3.8, 4) is 0 Å². The molecule has 0 aliphatic heterocycles. The molecule has 112 valence electrons. The maximum atomic E-state index is 12.5. The number of amides is 1. The number of aliphatic carboxylic acids is 1. The lowest BCUT2D eigenvalue weighted by atomic mass is 9.93. The second kappa shape index (κ2) is 6.12. The van der Waals surface area contributed by atoms with Gasteiger partial charge in [-0.3, -0.25) is 4.79 Å². The van der Waals surface area contributed by atoms with Crippen LogP contribution in [-0.2, 0) is 15.0 Å². The second-order valence-corrected chi connectivity index (χ2v) is 5.62. The zero-order chi connectivity index (χ0) is 15.5. The molecule has 0 spiro atoms. The molecule has 4 heteroatoms. The van der Waals surface area contributed by atoms with Gasteiger partial charge in [0.15, 0.2) is 0 Å². The Morgan fingerprint density at radius 1 is 1.43 bits per heavy atom. The van der Waals surface area contributed by atoms with E-state index in [1.54, 1.807) is 12.2 Å². The van der Waals surface area contributed by atoms with Crippen LogP contribution in [0.1, 0.15) is 37.3 Å². The third kappa shape index (κ3) is 3.32. The minimum absolute atomic E-state index is 0.176. The van der Waals surface area contributed by atoms with E-state index in [1.165, 1.54) is 0 Å². The molecule has 4 nitrogen and oxygen atoms in total. The number of rotatable bonds is 6. The van der Waals surface area contributed by atoms with Crippen molar-refractivity contribution in [1.29, 1.82) is 0 Å². The van der Waals surface area contributed by atoms with Gasteiger partial charge in [0.05, 0.1) is 5.41 Å². The Morgan fingerprint density at radius 2 is 2.14 bits per heavy atom. The van der Waals surface area contributed by atoms with Crippen molar-refractivity contribution in [2.75, 3.05) is 0 Å². The van der Waals surface area contributed by atoms with Crippen molar-refractivity contribution in [2.24, 2.45) is 0 Å². The third-order valence-corrected chi connectivity index (χ3v) is 3.97. The molecule has 1 aliphatic rings. The summed E-state index contributed by atoms with van der Waals surface area (Å²) in [5.41, 5.74) is 1.56. The predicted octanol–water partition coefficient (Wildman–Crippen LogP) is 2.56. The number of aryl methyl sites for hydroxylation is 1. The summed E-state index contributed by atoms with van der Waals surface area (Å²) in [7, 11) is 0. The van der Waals surface area contributed by atoms with Gasteiger partial charge >= 0.3 is 5.97 Å². The number of carbonyl (C=O) groups is 2. The lowest BCUT2D eigenvalue weighted by Crippen LogP contribution is -2.45. The second-order valence-electron chi connectivity index (χ2n) is 5.62. The highest BCUT2D eigenvalue weighted by molar-refractivity contribution is 5.94. The Bertz CT molecular complexity index is 573. The molecule has 2 N–H and O–H groups in total. The quantitative estimate of drug-likeness (QED) is 0.790. The number of carbonyl (C=O) groups excluding carboxylic acids is 1. The molecule has 1 aromatic carbocycles. The van der Waals surface area contributed by atoms with E-state index >= 15 is 0 Å². The largest absolute Gasteiger partial charge is 0.480 e. The van der Waals surface area contributed by atoms with E-state index in [9.17, 15) is 14.7 Å². The van der Waals surface area contributed by atoms with Crippen LogP contribution < -0.4 is 5.32 Å². The van der Waals surface area contributed by atoms with E-state index in [1.807, 2.05) is 38.1 Å². The zero-order valence-corrected chi connectivity index (χ0v) is 12.4. The van der Waals surface area contributed by atoms with Crippen LogP contribution in [0.3, 0.4) is 0 Å². The average molecular weight is 287 g/mol. The molecule has 21 heavy (non-hydrogen) atoms. The Morgan fingerprint density at radius 3 is 2.67 bits per heavy atom. The highest BCUT2D eigenvalue weighted by Crippen LogP contribution is 2.48. The number of carboxylic acid groups (broad SMARTS) is 1. The molecule has 1 aromatic rings. The topological polar surface area (TPSA) is 66.4 Å². The predicted molar refractivity (Wildman–Crippen MR) is 81.1 cm³/mol. The maximum absolute atomic E-state index is 12.5. The smallest absolute Gasteiger partial charge is 0.326 e. The maximum Gasteiger partial charge on any atom is 0.326 e. The fraction of sp³-hybridized carbons (Fsp3) is 0.412. The average Bonchev–Trinajstić information content (AvgIpc) is 3.24. The number of allylic oxidation sites excluding steroid dienone is 1. The Kier molecular flexibility index (Phi) is 4.46. The summed E-state index contributed by atoms with van der Waals surface area (Å²) in [6.07, 6.45) is 5.40. The molecular formula is C17H21NO3. The van der Waals surface area contributed by atoms with Gasteiger partial charge in [-0.1, -0.05) is 42.0 Å². The molecule has 2 rings (SSSR count). The van der Waals surface area contributed by atoms with Crippen LogP contribution in [0.25, 0.3) is 0 Å². The molecule has 0 heterocycles. The van der Waals surface area contributed by atoms with Crippen LogP contribution in [0, 0.1) is 6.92 Å². The van der Waals surface area contributed by atoms with Crippen molar-refractivity contribution in [1.82, 2.24) is 5.32 Å². The minimum Gasteiger partial charge on any atom is -0.480 e. The molecule has 1 saturated carbocycles. The van der Waals surface area contributed by atoms with Crippen molar-refractivity contribution >= 4 is 11.9 Å². The first kappa shape index (κ1) is 15.3. The summed E-state index contributed by atoms with van der Waals surface area (Å²) in [6.45, 7) is 3.82. The normalized spacial score (nSPS) is 17.4. The first-order valence-electron chi connectivity index (χ1n) is 7.21. The monoisotopic (exact) mass is 287 g/mol. The van der Waals surface area contributed by atoms with E-state index in [-0.39, 0.29) is 5.91 Å². The van der Waals surface area contributed by atoms with Crippen LogP contribution in [0.2, 0.25) is 0 Å². The summed E-state index contributed by atoms with van der Waals surface area (Å²) in [5, 5.41) is 11.9. The molecule has 0 bridgehead atoms. The number of hydrogen-bond acceptors (Lipinski definition) is 2. The zero-order valence-electron chi connectivity index (χ0n) is 12.4. The van der Waals surface area contributed by atoms with Gasteiger partial charge in [0.1, 0.15) is 6.04 Å². The minimum atomic E-state index is -0.999. The molecule has 1 fully saturated rings. The van der Waals surface area contributed by atoms with Crippen LogP contribution in [0.5, 0.6) is 0 Å². The first-order chi connectivity index (χ1) is 9.99. The van der Waals surface area contributed by atoms with Crippen LogP contribution >= 0.6 is 0 Å².